The minimum Gasteiger partial charge on any atom is -0.490 e. The van der Waals surface area contributed by atoms with Gasteiger partial charge in [-0.2, -0.15) is 0 Å². The molecule has 1 aliphatic heterocycles. The summed E-state index contributed by atoms with van der Waals surface area (Å²) >= 11 is 0. The average Bonchev–Trinajstić information content (AvgIpc) is 2.43. The molecule has 0 aliphatic carbocycles. The third-order valence-electron chi connectivity index (χ3n) is 2.33. The second-order valence-electron chi connectivity index (χ2n) is 3.47. The molecule has 0 amide bonds. The van der Waals surface area contributed by atoms with Crippen LogP contribution < -0.4 is 4.74 Å². The molecule has 1 atom stereocenters. The van der Waals surface area contributed by atoms with Crippen molar-refractivity contribution in [2.45, 2.75) is 26.4 Å². The minimum absolute atomic E-state index is 0.120. The van der Waals surface area contributed by atoms with Gasteiger partial charge in [-0.15, -0.1) is 0 Å². The number of carbonyl (C=O) groups excluding carboxylic acids is 1. The molecule has 1 aliphatic rings. The first kappa shape index (κ1) is 8.30. The standard InChI is InChI=1S/C11H12O2/c1-7-6-10-9(8(2)12)4-3-5-11(10)13-7/h3-5,7H,6H2,1-2H3. The summed E-state index contributed by atoms with van der Waals surface area (Å²) in [6, 6.07) is 5.65. The van der Waals surface area contributed by atoms with E-state index in [0.29, 0.717) is 0 Å². The highest BCUT2D eigenvalue weighted by molar-refractivity contribution is 5.96. The molecule has 0 bridgehead atoms. The van der Waals surface area contributed by atoms with Crippen LogP contribution in [0.15, 0.2) is 18.2 Å². The number of hydrogen-bond acceptors (Lipinski definition) is 2. The molecule has 0 saturated carbocycles. The summed E-state index contributed by atoms with van der Waals surface area (Å²) < 4.78 is 5.55. The number of rotatable bonds is 1. The smallest absolute Gasteiger partial charge is 0.160 e. The molecule has 1 aromatic rings. The Kier molecular flexibility index (Phi) is 1.83. The van der Waals surface area contributed by atoms with Gasteiger partial charge >= 0.3 is 0 Å². The third kappa shape index (κ3) is 1.32. The van der Waals surface area contributed by atoms with Crippen molar-refractivity contribution in [1.29, 1.82) is 0 Å². The van der Waals surface area contributed by atoms with Crippen molar-refractivity contribution < 1.29 is 9.53 Å². The van der Waals surface area contributed by atoms with Gasteiger partial charge in [0.15, 0.2) is 5.78 Å². The second-order valence-corrected chi connectivity index (χ2v) is 3.47. The van der Waals surface area contributed by atoms with E-state index in [1.54, 1.807) is 6.92 Å². The quantitative estimate of drug-likeness (QED) is 0.613. The highest BCUT2D eigenvalue weighted by Gasteiger charge is 2.22. The molecule has 1 aromatic carbocycles. The highest BCUT2D eigenvalue weighted by atomic mass is 16.5. The van der Waals surface area contributed by atoms with Crippen molar-refractivity contribution in [3.63, 3.8) is 0 Å². The van der Waals surface area contributed by atoms with E-state index < -0.39 is 0 Å². The largest absolute Gasteiger partial charge is 0.490 e. The number of ether oxygens (including phenoxy) is 1. The number of Topliss-reactive ketones (excluding diaryl/α,β-unsaturated/α-hetero) is 1. The number of fused-ring (bicyclic) bond motifs is 1. The topological polar surface area (TPSA) is 26.3 Å². The van der Waals surface area contributed by atoms with E-state index in [1.165, 1.54) is 0 Å². The Morgan fingerprint density at radius 3 is 3.00 bits per heavy atom. The molecule has 0 fully saturated rings. The summed E-state index contributed by atoms with van der Waals surface area (Å²) in [6.07, 6.45) is 1.06. The Labute approximate surface area is 77.5 Å². The van der Waals surface area contributed by atoms with E-state index in [2.05, 4.69) is 0 Å². The van der Waals surface area contributed by atoms with Crippen LogP contribution in [-0.2, 0) is 6.42 Å². The predicted octanol–water partition coefficient (Wildman–Crippen LogP) is 2.21. The monoisotopic (exact) mass is 176 g/mol. The van der Waals surface area contributed by atoms with Gasteiger partial charge in [-0.05, 0) is 19.9 Å². The van der Waals surface area contributed by atoms with Gasteiger partial charge in [0.1, 0.15) is 11.9 Å². The van der Waals surface area contributed by atoms with Crippen LogP contribution in [0.4, 0.5) is 0 Å². The van der Waals surface area contributed by atoms with Crippen LogP contribution in [0, 0.1) is 0 Å². The summed E-state index contributed by atoms with van der Waals surface area (Å²) in [5.41, 5.74) is 1.88. The number of hydrogen-bond donors (Lipinski definition) is 0. The Morgan fingerprint density at radius 2 is 2.31 bits per heavy atom. The first-order valence-corrected chi connectivity index (χ1v) is 4.48. The van der Waals surface area contributed by atoms with Gasteiger partial charge in [-0.3, -0.25) is 4.79 Å². The van der Waals surface area contributed by atoms with Gasteiger partial charge in [-0.1, -0.05) is 12.1 Å². The first-order chi connectivity index (χ1) is 6.18. The predicted molar refractivity (Wildman–Crippen MR) is 50.2 cm³/mol. The zero-order valence-corrected chi connectivity index (χ0v) is 7.83. The van der Waals surface area contributed by atoms with Crippen molar-refractivity contribution >= 4 is 5.78 Å². The SMILES string of the molecule is CC(=O)c1cccc2c1CC(C)O2. The van der Waals surface area contributed by atoms with Gasteiger partial charge in [-0.25, -0.2) is 0 Å². The number of ketones is 1. The zero-order valence-electron chi connectivity index (χ0n) is 7.83. The van der Waals surface area contributed by atoms with Crippen LogP contribution in [-0.4, -0.2) is 11.9 Å². The maximum absolute atomic E-state index is 11.3. The molecule has 1 unspecified atom stereocenters. The van der Waals surface area contributed by atoms with Gasteiger partial charge in [0, 0.05) is 17.5 Å². The molecule has 0 saturated heterocycles. The van der Waals surface area contributed by atoms with E-state index in [4.69, 9.17) is 4.74 Å². The van der Waals surface area contributed by atoms with Gasteiger partial charge in [0.25, 0.3) is 0 Å². The van der Waals surface area contributed by atoms with Crippen molar-refractivity contribution in [3.8, 4) is 5.75 Å². The fraction of sp³-hybridized carbons (Fsp3) is 0.364. The van der Waals surface area contributed by atoms with Crippen molar-refractivity contribution in [2.75, 3.05) is 0 Å². The van der Waals surface area contributed by atoms with Crippen LogP contribution in [0.3, 0.4) is 0 Å². The fourth-order valence-electron chi connectivity index (χ4n) is 1.76. The summed E-state index contributed by atoms with van der Waals surface area (Å²) in [5.74, 6) is 0.995. The number of carbonyl (C=O) groups is 1. The first-order valence-electron chi connectivity index (χ1n) is 4.48. The normalized spacial score (nSPS) is 19.4. The Bertz CT molecular complexity index is 355. The molecule has 13 heavy (non-hydrogen) atoms. The molecule has 68 valence electrons. The van der Waals surface area contributed by atoms with Crippen LogP contribution in [0.2, 0.25) is 0 Å². The molecule has 2 nitrogen and oxygen atoms in total. The minimum atomic E-state index is 0.120. The van der Waals surface area contributed by atoms with Crippen LogP contribution in [0.25, 0.3) is 0 Å². The second kappa shape index (κ2) is 2.87. The Balaban J connectivity index is 2.51. The molecular formula is C11H12O2. The molecule has 0 spiro atoms. The summed E-state index contributed by atoms with van der Waals surface area (Å²) in [4.78, 5) is 11.3. The average molecular weight is 176 g/mol. The van der Waals surface area contributed by atoms with E-state index in [9.17, 15) is 4.79 Å². The lowest BCUT2D eigenvalue weighted by Crippen LogP contribution is -2.06. The van der Waals surface area contributed by atoms with Gasteiger partial charge in [0.05, 0.1) is 0 Å². The molecule has 1 heterocycles. The molecule has 0 N–H and O–H groups in total. The number of benzene rings is 1. The van der Waals surface area contributed by atoms with Crippen LogP contribution in [0.1, 0.15) is 29.8 Å². The molecule has 0 radical (unpaired) electrons. The molecule has 0 aromatic heterocycles. The van der Waals surface area contributed by atoms with E-state index in [1.807, 2.05) is 25.1 Å². The van der Waals surface area contributed by atoms with E-state index in [-0.39, 0.29) is 11.9 Å². The summed E-state index contributed by atoms with van der Waals surface area (Å²) in [5, 5.41) is 0. The van der Waals surface area contributed by atoms with Crippen molar-refractivity contribution in [2.24, 2.45) is 0 Å². The van der Waals surface area contributed by atoms with Crippen molar-refractivity contribution in [3.05, 3.63) is 29.3 Å². The Morgan fingerprint density at radius 1 is 1.54 bits per heavy atom. The van der Waals surface area contributed by atoms with Crippen LogP contribution >= 0.6 is 0 Å². The maximum Gasteiger partial charge on any atom is 0.160 e. The zero-order chi connectivity index (χ0) is 9.42. The molecular weight excluding hydrogens is 164 g/mol. The van der Waals surface area contributed by atoms with E-state index >= 15 is 0 Å². The van der Waals surface area contributed by atoms with Crippen molar-refractivity contribution in [1.82, 2.24) is 0 Å². The van der Waals surface area contributed by atoms with E-state index in [0.717, 1.165) is 23.3 Å². The summed E-state index contributed by atoms with van der Waals surface area (Å²) in [6.45, 7) is 3.61. The van der Waals surface area contributed by atoms with Gasteiger partial charge in [0.2, 0.25) is 0 Å². The third-order valence-corrected chi connectivity index (χ3v) is 2.33. The fourth-order valence-corrected chi connectivity index (χ4v) is 1.76. The van der Waals surface area contributed by atoms with Crippen LogP contribution in [0.5, 0.6) is 5.75 Å². The highest BCUT2D eigenvalue weighted by Crippen LogP contribution is 2.31. The molecule has 2 rings (SSSR count). The van der Waals surface area contributed by atoms with Gasteiger partial charge < -0.3 is 4.74 Å². The lowest BCUT2D eigenvalue weighted by atomic mass is 10.0. The Hall–Kier alpha value is -1.31. The summed E-state index contributed by atoms with van der Waals surface area (Å²) in [7, 11) is 0. The maximum atomic E-state index is 11.3. The molecule has 2 heteroatoms. The lowest BCUT2D eigenvalue weighted by molar-refractivity contribution is 0.101. The lowest BCUT2D eigenvalue weighted by Gasteiger charge is -2.02.